The van der Waals surface area contributed by atoms with Gasteiger partial charge < -0.3 is 10.2 Å². The Balaban J connectivity index is 0.000000185. The highest BCUT2D eigenvalue weighted by Gasteiger charge is 2.13. The van der Waals surface area contributed by atoms with Gasteiger partial charge in [0.25, 0.3) is 0 Å². The van der Waals surface area contributed by atoms with E-state index in [0.29, 0.717) is 0 Å². The van der Waals surface area contributed by atoms with Crippen molar-refractivity contribution >= 4 is 0 Å². The van der Waals surface area contributed by atoms with E-state index in [9.17, 15) is 4.39 Å². The molecule has 0 saturated carbocycles. The van der Waals surface area contributed by atoms with Crippen molar-refractivity contribution in [2.45, 2.75) is 58.3 Å². The number of halogens is 1. The van der Waals surface area contributed by atoms with E-state index in [4.69, 9.17) is 0 Å². The molecule has 2 nitrogen and oxygen atoms in total. The van der Waals surface area contributed by atoms with Crippen molar-refractivity contribution in [1.29, 1.82) is 0 Å². The highest BCUT2D eigenvalue weighted by molar-refractivity contribution is 5.16. The van der Waals surface area contributed by atoms with Gasteiger partial charge in [0, 0.05) is 0 Å². The van der Waals surface area contributed by atoms with Crippen LogP contribution in [0.1, 0.15) is 57.4 Å². The molecule has 2 heterocycles. The minimum atomic E-state index is -0.140. The lowest BCUT2D eigenvalue weighted by Crippen LogP contribution is -2.30. The van der Waals surface area contributed by atoms with Crippen LogP contribution < -0.4 is 5.32 Å². The number of likely N-dealkylation sites (tertiary alicyclic amines) is 1. The van der Waals surface area contributed by atoms with Gasteiger partial charge in [0.05, 0.1) is 0 Å². The fourth-order valence-corrected chi connectivity index (χ4v) is 3.60. The summed E-state index contributed by atoms with van der Waals surface area (Å²) in [5.41, 5.74) is 1.26. The molecule has 0 amide bonds. The number of unbranched alkanes of at least 4 members (excludes halogenated alkanes) is 1. The standard InChI is InChI=1S/C12H16FN.C9H19N/c13-12-3-1-10(2-4-12)9-11-5-7-14-8-6-11;1-2-3-7-10-8-5-4-6-9-10/h1-4,11,14H,5-9H2;2-9H2,1H3. The predicted octanol–water partition coefficient (Wildman–Crippen LogP) is 4.64. The normalized spacial score (nSPS) is 19.6. The van der Waals surface area contributed by atoms with Crippen LogP contribution in [0.15, 0.2) is 24.3 Å². The van der Waals surface area contributed by atoms with Crippen LogP contribution in [-0.4, -0.2) is 37.6 Å². The second-order valence-corrected chi connectivity index (χ2v) is 7.28. The highest BCUT2D eigenvalue weighted by Crippen LogP contribution is 2.18. The van der Waals surface area contributed by atoms with Crippen molar-refractivity contribution < 1.29 is 4.39 Å². The van der Waals surface area contributed by atoms with Crippen LogP contribution in [-0.2, 0) is 6.42 Å². The van der Waals surface area contributed by atoms with Crippen LogP contribution in [0.2, 0.25) is 0 Å². The lowest BCUT2D eigenvalue weighted by Gasteiger charge is -2.25. The number of rotatable bonds is 5. The number of hydrogen-bond donors (Lipinski definition) is 1. The van der Waals surface area contributed by atoms with Crippen molar-refractivity contribution in [3.63, 3.8) is 0 Å². The molecule has 24 heavy (non-hydrogen) atoms. The molecular weight excluding hydrogens is 299 g/mol. The molecular formula is C21H35FN2. The summed E-state index contributed by atoms with van der Waals surface area (Å²) in [5.74, 6) is 0.640. The summed E-state index contributed by atoms with van der Waals surface area (Å²) in [4.78, 5) is 2.60. The maximum Gasteiger partial charge on any atom is 0.123 e. The Morgan fingerprint density at radius 1 is 1.04 bits per heavy atom. The summed E-state index contributed by atoms with van der Waals surface area (Å²) in [7, 11) is 0. The van der Waals surface area contributed by atoms with Crippen LogP contribution in [0.3, 0.4) is 0 Å². The molecule has 2 aliphatic heterocycles. The molecule has 0 atom stereocenters. The maximum atomic E-state index is 12.7. The average Bonchev–Trinajstić information content (AvgIpc) is 2.64. The number of nitrogens with zero attached hydrogens (tertiary/aromatic N) is 1. The molecule has 2 aliphatic rings. The molecule has 0 spiro atoms. The van der Waals surface area contributed by atoms with Crippen LogP contribution in [0.25, 0.3) is 0 Å². The van der Waals surface area contributed by atoms with E-state index < -0.39 is 0 Å². The first-order valence-electron chi connectivity index (χ1n) is 9.95. The topological polar surface area (TPSA) is 15.3 Å². The fraction of sp³-hybridized carbons (Fsp3) is 0.714. The van der Waals surface area contributed by atoms with E-state index in [1.165, 1.54) is 70.1 Å². The molecule has 0 aromatic heterocycles. The number of piperidine rings is 2. The molecule has 3 heteroatoms. The minimum Gasteiger partial charge on any atom is -0.317 e. The molecule has 0 aliphatic carbocycles. The average molecular weight is 335 g/mol. The minimum absolute atomic E-state index is 0.140. The Kier molecular flexibility index (Phi) is 9.37. The van der Waals surface area contributed by atoms with E-state index in [-0.39, 0.29) is 5.82 Å². The second kappa shape index (κ2) is 11.6. The van der Waals surface area contributed by atoms with Gasteiger partial charge in [0.1, 0.15) is 5.82 Å². The second-order valence-electron chi connectivity index (χ2n) is 7.28. The van der Waals surface area contributed by atoms with Crippen molar-refractivity contribution in [1.82, 2.24) is 10.2 Å². The Hall–Kier alpha value is -0.930. The summed E-state index contributed by atoms with van der Waals surface area (Å²) in [6.45, 7) is 8.60. The van der Waals surface area contributed by atoms with Gasteiger partial charge in [-0.25, -0.2) is 4.39 Å². The van der Waals surface area contributed by atoms with Gasteiger partial charge in [-0.1, -0.05) is 31.9 Å². The van der Waals surface area contributed by atoms with Gasteiger partial charge >= 0.3 is 0 Å². The number of hydrogen-bond acceptors (Lipinski definition) is 2. The molecule has 3 rings (SSSR count). The largest absolute Gasteiger partial charge is 0.317 e. The van der Waals surface area contributed by atoms with Gasteiger partial charge in [0.15, 0.2) is 0 Å². The van der Waals surface area contributed by atoms with E-state index in [2.05, 4.69) is 17.1 Å². The van der Waals surface area contributed by atoms with Crippen LogP contribution in [0, 0.1) is 11.7 Å². The lowest BCUT2D eigenvalue weighted by atomic mass is 9.91. The Labute approximate surface area is 147 Å². The van der Waals surface area contributed by atoms with E-state index in [1.54, 1.807) is 12.1 Å². The van der Waals surface area contributed by atoms with Crippen molar-refractivity contribution in [3.05, 3.63) is 35.6 Å². The molecule has 1 aromatic rings. The lowest BCUT2D eigenvalue weighted by molar-refractivity contribution is 0.226. The third-order valence-corrected chi connectivity index (χ3v) is 5.17. The summed E-state index contributed by atoms with van der Waals surface area (Å²) < 4.78 is 12.7. The highest BCUT2D eigenvalue weighted by atomic mass is 19.1. The fourth-order valence-electron chi connectivity index (χ4n) is 3.60. The van der Waals surface area contributed by atoms with Gasteiger partial charge in [-0.3, -0.25) is 0 Å². The molecule has 2 saturated heterocycles. The molecule has 2 fully saturated rings. The summed E-state index contributed by atoms with van der Waals surface area (Å²) >= 11 is 0. The number of benzene rings is 1. The zero-order valence-electron chi connectivity index (χ0n) is 15.4. The molecule has 0 radical (unpaired) electrons. The monoisotopic (exact) mass is 334 g/mol. The molecule has 0 bridgehead atoms. The third kappa shape index (κ3) is 7.76. The Morgan fingerprint density at radius 2 is 1.71 bits per heavy atom. The molecule has 1 N–H and O–H groups in total. The smallest absolute Gasteiger partial charge is 0.123 e. The van der Waals surface area contributed by atoms with Crippen molar-refractivity contribution in [2.24, 2.45) is 5.92 Å². The zero-order valence-corrected chi connectivity index (χ0v) is 15.4. The van der Waals surface area contributed by atoms with E-state index >= 15 is 0 Å². The summed E-state index contributed by atoms with van der Waals surface area (Å²) in [5, 5.41) is 3.35. The molecule has 136 valence electrons. The first kappa shape index (κ1) is 19.4. The van der Waals surface area contributed by atoms with Crippen molar-refractivity contribution in [3.8, 4) is 0 Å². The predicted molar refractivity (Wildman–Crippen MR) is 101 cm³/mol. The Bertz CT molecular complexity index is 420. The quantitative estimate of drug-likeness (QED) is 0.844. The SMILES string of the molecule is CCCCN1CCCCC1.Fc1ccc(CC2CCNCC2)cc1. The molecule has 1 aromatic carbocycles. The van der Waals surface area contributed by atoms with Gasteiger partial charge in [0.2, 0.25) is 0 Å². The van der Waals surface area contributed by atoms with Gasteiger partial charge in [-0.15, -0.1) is 0 Å². The summed E-state index contributed by atoms with van der Waals surface area (Å²) in [6.07, 6.45) is 10.7. The first-order valence-corrected chi connectivity index (χ1v) is 9.95. The molecule has 0 unspecified atom stereocenters. The van der Waals surface area contributed by atoms with E-state index in [0.717, 1.165) is 25.4 Å². The number of nitrogens with one attached hydrogen (secondary N) is 1. The van der Waals surface area contributed by atoms with E-state index in [1.807, 2.05) is 12.1 Å². The zero-order chi connectivity index (χ0) is 17.0. The van der Waals surface area contributed by atoms with Crippen LogP contribution in [0.4, 0.5) is 4.39 Å². The van der Waals surface area contributed by atoms with Crippen LogP contribution >= 0.6 is 0 Å². The van der Waals surface area contributed by atoms with Gasteiger partial charge in [-0.2, -0.15) is 0 Å². The van der Waals surface area contributed by atoms with Gasteiger partial charge in [-0.05, 0) is 94.9 Å². The van der Waals surface area contributed by atoms with Crippen molar-refractivity contribution in [2.75, 3.05) is 32.7 Å². The maximum absolute atomic E-state index is 12.7. The Morgan fingerprint density at radius 3 is 2.33 bits per heavy atom. The third-order valence-electron chi connectivity index (χ3n) is 5.17. The first-order chi connectivity index (χ1) is 11.8. The summed E-state index contributed by atoms with van der Waals surface area (Å²) in [6, 6.07) is 6.90. The van der Waals surface area contributed by atoms with Crippen LogP contribution in [0.5, 0.6) is 0 Å².